The summed E-state index contributed by atoms with van der Waals surface area (Å²) in [6.45, 7) is 11.3. The van der Waals surface area contributed by atoms with Crippen LogP contribution in [0.4, 0.5) is 5.82 Å². The quantitative estimate of drug-likeness (QED) is 0.756. The van der Waals surface area contributed by atoms with Gasteiger partial charge in [0.1, 0.15) is 5.82 Å². The molecule has 1 fully saturated rings. The van der Waals surface area contributed by atoms with Crippen LogP contribution < -0.4 is 4.90 Å². The Morgan fingerprint density at radius 3 is 2.69 bits per heavy atom. The zero-order valence-electron chi connectivity index (χ0n) is 10.8. The second-order valence-corrected chi connectivity index (χ2v) is 5.39. The molecule has 1 unspecified atom stereocenters. The SMILES string of the molecule is Cc1cc(N2CCC(C)C2)ncc1C(C)C. The van der Waals surface area contributed by atoms with Crippen molar-refractivity contribution in [1.29, 1.82) is 0 Å². The summed E-state index contributed by atoms with van der Waals surface area (Å²) < 4.78 is 0. The molecule has 2 rings (SSSR count). The van der Waals surface area contributed by atoms with Crippen LogP contribution in [0.25, 0.3) is 0 Å². The molecule has 88 valence electrons. The van der Waals surface area contributed by atoms with Gasteiger partial charge in [-0.1, -0.05) is 20.8 Å². The molecule has 1 aliphatic rings. The lowest BCUT2D eigenvalue weighted by molar-refractivity contribution is 0.659. The number of nitrogens with zero attached hydrogens (tertiary/aromatic N) is 2. The van der Waals surface area contributed by atoms with E-state index >= 15 is 0 Å². The fraction of sp³-hybridized carbons (Fsp3) is 0.643. The van der Waals surface area contributed by atoms with E-state index in [2.05, 4.69) is 49.8 Å². The van der Waals surface area contributed by atoms with Gasteiger partial charge in [-0.25, -0.2) is 4.98 Å². The van der Waals surface area contributed by atoms with Crippen LogP contribution in [0.1, 0.15) is 44.2 Å². The second kappa shape index (κ2) is 4.44. The van der Waals surface area contributed by atoms with E-state index in [9.17, 15) is 0 Å². The zero-order valence-corrected chi connectivity index (χ0v) is 10.8. The first kappa shape index (κ1) is 11.4. The normalized spacial score (nSPS) is 20.8. The van der Waals surface area contributed by atoms with Gasteiger partial charge < -0.3 is 4.90 Å². The predicted molar refractivity (Wildman–Crippen MR) is 69.1 cm³/mol. The second-order valence-electron chi connectivity index (χ2n) is 5.39. The predicted octanol–water partition coefficient (Wildman–Crippen LogP) is 3.36. The van der Waals surface area contributed by atoms with Crippen molar-refractivity contribution >= 4 is 5.82 Å². The number of anilines is 1. The Bertz CT molecular complexity index is 371. The van der Waals surface area contributed by atoms with Crippen molar-refractivity contribution < 1.29 is 0 Å². The Morgan fingerprint density at radius 2 is 2.19 bits per heavy atom. The molecule has 1 atom stereocenters. The lowest BCUT2D eigenvalue weighted by atomic mass is 10.0. The van der Waals surface area contributed by atoms with Gasteiger partial charge in [-0.3, -0.25) is 0 Å². The van der Waals surface area contributed by atoms with Crippen LogP contribution >= 0.6 is 0 Å². The molecular weight excluding hydrogens is 196 g/mol. The van der Waals surface area contributed by atoms with E-state index in [0.717, 1.165) is 24.8 Å². The Labute approximate surface area is 98.7 Å². The summed E-state index contributed by atoms with van der Waals surface area (Å²) in [7, 11) is 0. The van der Waals surface area contributed by atoms with Crippen molar-refractivity contribution in [1.82, 2.24) is 4.98 Å². The van der Waals surface area contributed by atoms with Crippen LogP contribution in [0.2, 0.25) is 0 Å². The fourth-order valence-corrected chi connectivity index (χ4v) is 2.47. The molecular formula is C14H22N2. The smallest absolute Gasteiger partial charge is 0.128 e. The first-order valence-electron chi connectivity index (χ1n) is 6.29. The van der Waals surface area contributed by atoms with E-state index in [1.807, 2.05) is 0 Å². The highest BCUT2D eigenvalue weighted by Crippen LogP contribution is 2.25. The molecule has 1 aromatic rings. The summed E-state index contributed by atoms with van der Waals surface area (Å²) in [5.41, 5.74) is 2.75. The van der Waals surface area contributed by atoms with Crippen molar-refractivity contribution in [3.63, 3.8) is 0 Å². The van der Waals surface area contributed by atoms with Crippen LogP contribution in [-0.4, -0.2) is 18.1 Å². The van der Waals surface area contributed by atoms with Crippen molar-refractivity contribution in [2.75, 3.05) is 18.0 Å². The first-order valence-corrected chi connectivity index (χ1v) is 6.29. The third kappa shape index (κ3) is 2.21. The van der Waals surface area contributed by atoms with E-state index in [-0.39, 0.29) is 0 Å². The minimum atomic E-state index is 0.569. The van der Waals surface area contributed by atoms with Gasteiger partial charge in [0.15, 0.2) is 0 Å². The van der Waals surface area contributed by atoms with Gasteiger partial charge in [0.25, 0.3) is 0 Å². The third-order valence-corrected chi connectivity index (χ3v) is 3.51. The Kier molecular flexibility index (Phi) is 3.17. The molecule has 0 aliphatic carbocycles. The lowest BCUT2D eigenvalue weighted by Crippen LogP contribution is -2.20. The summed E-state index contributed by atoms with van der Waals surface area (Å²) in [5.74, 6) is 2.54. The van der Waals surface area contributed by atoms with E-state index in [1.165, 1.54) is 17.5 Å². The fourth-order valence-electron chi connectivity index (χ4n) is 2.47. The highest BCUT2D eigenvalue weighted by molar-refractivity contribution is 5.44. The van der Waals surface area contributed by atoms with Crippen LogP contribution in [0.3, 0.4) is 0 Å². The van der Waals surface area contributed by atoms with Crippen LogP contribution in [-0.2, 0) is 0 Å². The van der Waals surface area contributed by atoms with Gasteiger partial charge in [0.05, 0.1) is 0 Å². The van der Waals surface area contributed by atoms with Crippen LogP contribution in [0.15, 0.2) is 12.3 Å². The average Bonchev–Trinajstić information content (AvgIpc) is 2.64. The standard InChI is InChI=1S/C14H22N2/c1-10(2)13-8-15-14(7-12(13)4)16-6-5-11(3)9-16/h7-8,10-11H,5-6,9H2,1-4H3. The minimum absolute atomic E-state index is 0.569. The summed E-state index contributed by atoms with van der Waals surface area (Å²) in [6.07, 6.45) is 3.35. The average molecular weight is 218 g/mol. The van der Waals surface area contributed by atoms with Gasteiger partial charge in [-0.15, -0.1) is 0 Å². The first-order chi connectivity index (χ1) is 7.58. The van der Waals surface area contributed by atoms with Crippen LogP contribution in [0.5, 0.6) is 0 Å². The summed E-state index contributed by atoms with van der Waals surface area (Å²) in [6, 6.07) is 2.24. The van der Waals surface area contributed by atoms with E-state index in [4.69, 9.17) is 0 Å². The van der Waals surface area contributed by atoms with E-state index < -0.39 is 0 Å². The summed E-state index contributed by atoms with van der Waals surface area (Å²) in [4.78, 5) is 7.01. The maximum Gasteiger partial charge on any atom is 0.128 e. The maximum absolute atomic E-state index is 4.60. The van der Waals surface area contributed by atoms with Crippen molar-refractivity contribution in [2.45, 2.75) is 40.0 Å². The number of hydrogen-bond acceptors (Lipinski definition) is 2. The van der Waals surface area contributed by atoms with Crippen molar-refractivity contribution in [2.24, 2.45) is 5.92 Å². The van der Waals surface area contributed by atoms with Crippen molar-refractivity contribution in [3.8, 4) is 0 Å². The lowest BCUT2D eigenvalue weighted by Gasteiger charge is -2.19. The molecule has 2 heterocycles. The van der Waals surface area contributed by atoms with Crippen LogP contribution in [0, 0.1) is 12.8 Å². The number of rotatable bonds is 2. The maximum atomic E-state index is 4.60. The highest BCUT2D eigenvalue weighted by atomic mass is 15.2. The molecule has 0 aromatic carbocycles. The molecule has 0 N–H and O–H groups in total. The zero-order chi connectivity index (χ0) is 11.7. The molecule has 0 spiro atoms. The van der Waals surface area contributed by atoms with E-state index in [1.54, 1.807) is 0 Å². The molecule has 1 aliphatic heterocycles. The minimum Gasteiger partial charge on any atom is -0.356 e. The van der Waals surface area contributed by atoms with E-state index in [0.29, 0.717) is 5.92 Å². The number of hydrogen-bond donors (Lipinski definition) is 0. The number of pyridine rings is 1. The van der Waals surface area contributed by atoms with Gasteiger partial charge in [0.2, 0.25) is 0 Å². The van der Waals surface area contributed by atoms with Gasteiger partial charge in [-0.05, 0) is 42.4 Å². The third-order valence-electron chi connectivity index (χ3n) is 3.51. The molecule has 2 nitrogen and oxygen atoms in total. The van der Waals surface area contributed by atoms with Gasteiger partial charge in [-0.2, -0.15) is 0 Å². The Balaban J connectivity index is 2.21. The molecule has 0 radical (unpaired) electrons. The molecule has 1 saturated heterocycles. The number of aromatic nitrogens is 1. The topological polar surface area (TPSA) is 16.1 Å². The van der Waals surface area contributed by atoms with Crippen molar-refractivity contribution in [3.05, 3.63) is 23.4 Å². The Hall–Kier alpha value is -1.05. The highest BCUT2D eigenvalue weighted by Gasteiger charge is 2.20. The largest absolute Gasteiger partial charge is 0.356 e. The van der Waals surface area contributed by atoms with Gasteiger partial charge >= 0.3 is 0 Å². The Morgan fingerprint density at radius 1 is 1.44 bits per heavy atom. The molecule has 2 heteroatoms. The summed E-state index contributed by atoms with van der Waals surface area (Å²) in [5, 5.41) is 0. The molecule has 0 amide bonds. The monoisotopic (exact) mass is 218 g/mol. The number of aryl methyl sites for hydroxylation is 1. The van der Waals surface area contributed by atoms with Gasteiger partial charge in [0, 0.05) is 19.3 Å². The molecule has 16 heavy (non-hydrogen) atoms. The molecule has 1 aromatic heterocycles. The summed E-state index contributed by atoms with van der Waals surface area (Å²) >= 11 is 0. The molecule has 0 saturated carbocycles. The molecule has 0 bridgehead atoms.